The molecular weight excluding hydrogens is 563 g/mol. The molecule has 40 heavy (non-hydrogen) atoms. The van der Waals surface area contributed by atoms with Crippen molar-refractivity contribution < 1.29 is 26.4 Å². The molecular formula is C32H47CoN2O4Si. The first-order chi connectivity index (χ1) is 18.5. The zero-order valence-electron chi connectivity index (χ0n) is 24.9. The van der Waals surface area contributed by atoms with Crippen LogP contribution in [0, 0.1) is 64.7 Å². The van der Waals surface area contributed by atoms with E-state index in [1.54, 1.807) is 5.54 Å². The van der Waals surface area contributed by atoms with Crippen molar-refractivity contribution in [1.82, 2.24) is 0 Å². The Balaban J connectivity index is 0.000000287. The average molecular weight is 611 g/mol. The number of hydrogen-bond donors (Lipinski definition) is 0. The molecule has 0 N–H and O–H groups in total. The quantitative estimate of drug-likeness (QED) is 0.137. The summed E-state index contributed by atoms with van der Waals surface area (Å²) in [4.78, 5) is 48.4. The van der Waals surface area contributed by atoms with E-state index in [2.05, 4.69) is 76.0 Å². The maximum atomic E-state index is 12.2. The molecule has 0 spiro atoms. The molecule has 0 aromatic rings. The van der Waals surface area contributed by atoms with E-state index in [1.807, 2.05) is 0 Å². The van der Waals surface area contributed by atoms with Gasteiger partial charge in [-0.05, 0) is 80.2 Å². The average Bonchev–Trinajstić information content (AvgIpc) is 3.56. The molecule has 5 aliphatic rings. The Hall–Kier alpha value is -0.997. The topological polar surface area (TPSA) is 93.0 Å². The standard InChI is InChI=1S/C21H28N2O4.C11H19Si.Co/c24-16-7-3-1-5-13(9-16)18-11-15-12-19(18)20(22-26)21(15,23-27)14-6-2-4-8-17(25)10-14;1-11(2,3)12(4,5)10-8-6-7-9-10;/h11,13-15,19-20H,1-10,12H2;6-9H,1-5H3;/t13-,14-,15+,19+,20+,21-;;/m1../s1. The summed E-state index contributed by atoms with van der Waals surface area (Å²) in [6.45, 7) is 12.0. The van der Waals surface area contributed by atoms with Crippen molar-refractivity contribution in [2.45, 2.75) is 121 Å². The molecule has 8 heteroatoms. The molecule has 0 heterocycles. The van der Waals surface area contributed by atoms with Gasteiger partial charge in [-0.1, -0.05) is 68.7 Å². The molecule has 0 amide bonds. The first-order valence-electron chi connectivity index (χ1n) is 15.1. The Bertz CT molecular complexity index is 970. The van der Waals surface area contributed by atoms with Crippen molar-refractivity contribution in [3.63, 3.8) is 0 Å². The van der Waals surface area contributed by atoms with Crippen molar-refractivity contribution in [1.29, 1.82) is 0 Å². The number of ketones is 2. The van der Waals surface area contributed by atoms with Crippen LogP contribution in [0.25, 0.3) is 0 Å². The number of hydrogen-bond acceptors (Lipinski definition) is 6. The molecule has 0 aliphatic heterocycles. The summed E-state index contributed by atoms with van der Waals surface area (Å²) < 4.78 is 0. The van der Waals surface area contributed by atoms with Crippen LogP contribution in [0.15, 0.2) is 22.0 Å². The zero-order chi connectivity index (χ0) is 28.4. The summed E-state index contributed by atoms with van der Waals surface area (Å²) in [5, 5.41) is 7.45. The fourth-order valence-corrected chi connectivity index (χ4v) is 9.52. The number of rotatable bonds is 5. The maximum absolute atomic E-state index is 12.2. The second kappa shape index (κ2) is 13.5. The minimum Gasteiger partial charge on any atom is -0.300 e. The fraction of sp³-hybridized carbons (Fsp3) is 0.719. The smallest absolute Gasteiger partial charge is 0.138 e. The summed E-state index contributed by atoms with van der Waals surface area (Å²) in [5.41, 5.74) is 1.68. The van der Waals surface area contributed by atoms with E-state index in [9.17, 15) is 19.4 Å². The van der Waals surface area contributed by atoms with Crippen molar-refractivity contribution in [2.24, 2.45) is 34.0 Å². The third-order valence-corrected chi connectivity index (χ3v) is 16.4. The van der Waals surface area contributed by atoms with E-state index in [4.69, 9.17) is 0 Å². The van der Waals surface area contributed by atoms with Gasteiger partial charge in [0, 0.05) is 54.3 Å². The number of Topliss-reactive ketones (excluding diaryl/α,β-unsaturated/α-hetero) is 2. The minimum absolute atomic E-state index is 0. The van der Waals surface area contributed by atoms with Crippen LogP contribution in [0.3, 0.4) is 0 Å². The van der Waals surface area contributed by atoms with Crippen LogP contribution in [-0.4, -0.2) is 31.2 Å². The third kappa shape index (κ3) is 6.48. The summed E-state index contributed by atoms with van der Waals surface area (Å²) >= 11 is 0. The van der Waals surface area contributed by atoms with Crippen LogP contribution in [0.2, 0.25) is 18.1 Å². The van der Waals surface area contributed by atoms with Gasteiger partial charge >= 0.3 is 0 Å². The monoisotopic (exact) mass is 610 g/mol. The Morgan fingerprint density at radius 1 is 0.900 bits per heavy atom. The molecule has 222 valence electrons. The van der Waals surface area contributed by atoms with E-state index in [0.29, 0.717) is 42.9 Å². The van der Waals surface area contributed by atoms with Crippen molar-refractivity contribution in [3.05, 3.63) is 52.7 Å². The molecule has 0 aromatic heterocycles. The molecule has 4 fully saturated rings. The van der Waals surface area contributed by atoms with E-state index >= 15 is 0 Å². The molecule has 0 saturated heterocycles. The first kappa shape index (κ1) is 33.5. The summed E-state index contributed by atoms with van der Waals surface area (Å²) in [6.07, 6.45) is 19.2. The molecule has 4 saturated carbocycles. The third-order valence-electron chi connectivity index (χ3n) is 10.9. The molecule has 5 aliphatic carbocycles. The van der Waals surface area contributed by atoms with Crippen LogP contribution >= 0.6 is 0 Å². The van der Waals surface area contributed by atoms with Crippen LogP contribution in [-0.2, 0) is 26.4 Å². The second-order valence-electron chi connectivity index (χ2n) is 14.1. The van der Waals surface area contributed by atoms with Crippen LogP contribution < -0.4 is 0 Å². The fourth-order valence-electron chi connectivity index (χ4n) is 7.63. The Kier molecular flexibility index (Phi) is 11.3. The van der Waals surface area contributed by atoms with Crippen molar-refractivity contribution in [3.8, 4) is 0 Å². The molecule has 5 rings (SSSR count). The first-order valence-corrected chi connectivity index (χ1v) is 18.1. The Labute approximate surface area is 253 Å². The maximum Gasteiger partial charge on any atom is 0.138 e. The molecule has 0 aromatic carbocycles. The van der Waals surface area contributed by atoms with E-state index in [0.717, 1.165) is 38.5 Å². The normalized spacial score (nSPS) is 35.1. The van der Waals surface area contributed by atoms with Crippen molar-refractivity contribution >= 4 is 19.6 Å². The molecule has 6 nitrogen and oxygen atoms in total. The van der Waals surface area contributed by atoms with Crippen LogP contribution in [0.5, 0.6) is 0 Å². The predicted molar refractivity (Wildman–Crippen MR) is 159 cm³/mol. The summed E-state index contributed by atoms with van der Waals surface area (Å²) in [6, 6.07) is -0.686. The number of carbonyl (C=O) groups excluding carboxylic acids is 2. The largest absolute Gasteiger partial charge is 0.300 e. The van der Waals surface area contributed by atoms with Crippen LogP contribution in [0.1, 0.15) is 91.4 Å². The Morgan fingerprint density at radius 2 is 1.50 bits per heavy atom. The molecule has 0 unspecified atom stereocenters. The predicted octanol–water partition coefficient (Wildman–Crippen LogP) is 7.94. The van der Waals surface area contributed by atoms with Gasteiger partial charge in [0.05, 0.1) is 8.07 Å². The van der Waals surface area contributed by atoms with E-state index in [1.165, 1.54) is 5.57 Å². The summed E-state index contributed by atoms with van der Waals surface area (Å²) in [5.74, 6) is 0.264. The molecule has 2 bridgehead atoms. The van der Waals surface area contributed by atoms with Crippen LogP contribution in [0.4, 0.5) is 0 Å². The Morgan fingerprint density at radius 3 is 2.08 bits per heavy atom. The number of nitrogens with zero attached hydrogens (tertiary/aromatic N) is 2. The molecule has 6 atom stereocenters. The molecule has 6 radical (unpaired) electrons. The van der Waals surface area contributed by atoms with Crippen molar-refractivity contribution in [2.75, 3.05) is 0 Å². The van der Waals surface area contributed by atoms with Gasteiger partial charge in [-0.2, -0.15) is 9.81 Å². The number of carbonyl (C=O) groups is 2. The second-order valence-corrected chi connectivity index (χ2v) is 19.4. The number of nitroso groups, excluding NO2 is 2. The minimum atomic E-state index is -1.23. The van der Waals surface area contributed by atoms with Gasteiger partial charge in [-0.25, -0.2) is 0 Å². The van der Waals surface area contributed by atoms with E-state index in [-0.39, 0.29) is 46.2 Å². The SMILES string of the molecule is CC(C)(C)[Si](C)(C)[C]1[CH][CH][CH][CH]1.O=N[C@H]1[C@H]2C[C@H](C=C2[C@@H]2CCCCC(=O)C2)[C@]1(N=O)[C@@H]1CCCCC(=O)C1.[Co]. The van der Waals surface area contributed by atoms with Gasteiger partial charge < -0.3 is 0 Å². The van der Waals surface area contributed by atoms with Gasteiger partial charge in [0.2, 0.25) is 0 Å². The summed E-state index contributed by atoms with van der Waals surface area (Å²) in [7, 11) is -1.23. The van der Waals surface area contributed by atoms with Gasteiger partial charge in [0.25, 0.3) is 0 Å². The van der Waals surface area contributed by atoms with Gasteiger partial charge in [-0.3, -0.25) is 9.59 Å². The van der Waals surface area contributed by atoms with Gasteiger partial charge in [-0.15, -0.1) is 0 Å². The van der Waals surface area contributed by atoms with Gasteiger partial charge in [0.1, 0.15) is 23.1 Å². The number of fused-ring (bicyclic) bond motifs is 2. The zero-order valence-corrected chi connectivity index (χ0v) is 27.0. The van der Waals surface area contributed by atoms with E-state index < -0.39 is 19.7 Å². The van der Waals surface area contributed by atoms with Gasteiger partial charge in [0.15, 0.2) is 0 Å².